The summed E-state index contributed by atoms with van der Waals surface area (Å²) in [5.74, 6) is 1.96. The average molecular weight is 114 g/mol. The SMILES string of the molecule is [C-]#CCN.[Cl-].[Mg+2]. The van der Waals surface area contributed by atoms with E-state index in [4.69, 9.17) is 12.2 Å². The zero-order chi connectivity index (χ0) is 3.41. The van der Waals surface area contributed by atoms with Crippen LogP contribution in [0.15, 0.2) is 0 Å². The van der Waals surface area contributed by atoms with E-state index in [-0.39, 0.29) is 42.0 Å². The van der Waals surface area contributed by atoms with E-state index in [0.717, 1.165) is 0 Å². The van der Waals surface area contributed by atoms with Crippen molar-refractivity contribution in [2.24, 2.45) is 5.73 Å². The molecule has 0 aliphatic carbocycles. The third-order valence-electron chi connectivity index (χ3n) is 0.102. The normalized spacial score (nSPS) is 3.33. The van der Waals surface area contributed by atoms with Gasteiger partial charge in [0.1, 0.15) is 0 Å². The van der Waals surface area contributed by atoms with Gasteiger partial charge in [-0.1, -0.05) is 0 Å². The van der Waals surface area contributed by atoms with Gasteiger partial charge in [0.15, 0.2) is 0 Å². The summed E-state index contributed by atoms with van der Waals surface area (Å²) in [6.07, 6.45) is 6.08. The summed E-state index contributed by atoms with van der Waals surface area (Å²) in [7, 11) is 0. The predicted molar refractivity (Wildman–Crippen MR) is 21.9 cm³/mol. The molecule has 0 radical (unpaired) electrons. The van der Waals surface area contributed by atoms with E-state index in [1.54, 1.807) is 0 Å². The zero-order valence-corrected chi connectivity index (χ0v) is 5.54. The molecule has 6 heavy (non-hydrogen) atoms. The molecular formula is C3H4ClMgN. The summed E-state index contributed by atoms with van der Waals surface area (Å²) in [5, 5.41) is 0. The Labute approximate surface area is 60.2 Å². The average Bonchev–Trinajstić information content (AvgIpc) is 1.37. The van der Waals surface area contributed by atoms with Crippen molar-refractivity contribution < 1.29 is 12.4 Å². The van der Waals surface area contributed by atoms with Crippen LogP contribution in [0.5, 0.6) is 0 Å². The molecule has 0 aliphatic rings. The van der Waals surface area contributed by atoms with Crippen LogP contribution in [0.25, 0.3) is 0 Å². The fraction of sp³-hybridized carbons (Fsp3) is 0.333. The first-order valence-electron chi connectivity index (χ1n) is 1.01. The smallest absolute Gasteiger partial charge is 1.00 e. The molecule has 3 heteroatoms. The number of rotatable bonds is 0. The minimum atomic E-state index is 0. The van der Waals surface area contributed by atoms with Gasteiger partial charge in [0.05, 0.1) is 0 Å². The van der Waals surface area contributed by atoms with E-state index in [1.807, 2.05) is 5.92 Å². The molecular weight excluding hydrogens is 110 g/mol. The maximum absolute atomic E-state index is 6.08. The minimum Gasteiger partial charge on any atom is -1.00 e. The fourth-order valence-corrected chi connectivity index (χ4v) is 0. The zero-order valence-electron chi connectivity index (χ0n) is 3.37. The summed E-state index contributed by atoms with van der Waals surface area (Å²) in [4.78, 5) is 0. The molecule has 0 atom stereocenters. The Bertz CT molecular complexity index is 40.5. The second-order valence-corrected chi connectivity index (χ2v) is 0.381. The molecule has 0 aliphatic heterocycles. The Morgan fingerprint density at radius 3 is 1.83 bits per heavy atom. The maximum Gasteiger partial charge on any atom is 2.00 e. The number of halogens is 1. The summed E-state index contributed by atoms with van der Waals surface area (Å²) in [6, 6.07) is 0. The number of hydrogen-bond donors (Lipinski definition) is 1. The van der Waals surface area contributed by atoms with Gasteiger partial charge in [-0.05, 0) is 0 Å². The first-order valence-corrected chi connectivity index (χ1v) is 1.01. The van der Waals surface area contributed by atoms with E-state index in [0.29, 0.717) is 0 Å². The Morgan fingerprint density at radius 1 is 1.67 bits per heavy atom. The largest absolute Gasteiger partial charge is 2.00 e. The number of nitrogens with two attached hydrogens (primary N) is 1. The standard InChI is InChI=1S/C3H4N.ClH.Mg/c1-2-3-4;;/h3-4H2;1H;/q-1;;+2/p-1. The van der Waals surface area contributed by atoms with Crippen LogP contribution >= 0.6 is 0 Å². The van der Waals surface area contributed by atoms with Crippen LogP contribution in [0, 0.1) is 12.3 Å². The molecule has 0 saturated carbocycles. The van der Waals surface area contributed by atoms with Gasteiger partial charge in [-0.3, -0.25) is 0 Å². The molecule has 0 fully saturated rings. The van der Waals surface area contributed by atoms with Gasteiger partial charge in [-0.15, -0.1) is 0 Å². The minimum absolute atomic E-state index is 0. The van der Waals surface area contributed by atoms with Crippen LogP contribution in [-0.4, -0.2) is 29.6 Å². The monoisotopic (exact) mass is 113 g/mol. The van der Waals surface area contributed by atoms with Crippen LogP contribution in [0.3, 0.4) is 0 Å². The van der Waals surface area contributed by atoms with Crippen molar-refractivity contribution in [1.29, 1.82) is 0 Å². The van der Waals surface area contributed by atoms with Gasteiger partial charge in [0, 0.05) is 6.54 Å². The van der Waals surface area contributed by atoms with Gasteiger partial charge in [-0.2, -0.15) is 0 Å². The van der Waals surface area contributed by atoms with Crippen molar-refractivity contribution in [2.45, 2.75) is 0 Å². The van der Waals surface area contributed by atoms with Crippen LogP contribution in [0.4, 0.5) is 0 Å². The van der Waals surface area contributed by atoms with Gasteiger partial charge in [0.2, 0.25) is 0 Å². The van der Waals surface area contributed by atoms with Gasteiger partial charge < -0.3 is 30.5 Å². The van der Waals surface area contributed by atoms with E-state index >= 15 is 0 Å². The summed E-state index contributed by atoms with van der Waals surface area (Å²) < 4.78 is 0. The molecule has 0 spiro atoms. The molecule has 0 amide bonds. The number of hydrogen-bond acceptors (Lipinski definition) is 1. The summed E-state index contributed by atoms with van der Waals surface area (Å²) in [5.41, 5.74) is 4.73. The summed E-state index contributed by atoms with van der Waals surface area (Å²) >= 11 is 0. The van der Waals surface area contributed by atoms with Gasteiger partial charge in [-0.25, -0.2) is 0 Å². The maximum atomic E-state index is 6.08. The molecule has 30 valence electrons. The van der Waals surface area contributed by atoms with E-state index in [9.17, 15) is 0 Å². The molecule has 0 aromatic heterocycles. The second kappa shape index (κ2) is 17.6. The van der Waals surface area contributed by atoms with Crippen molar-refractivity contribution in [2.75, 3.05) is 6.54 Å². The Hall–Kier alpha value is 0.576. The van der Waals surface area contributed by atoms with Crippen LogP contribution in [0.1, 0.15) is 0 Å². The molecule has 1 nitrogen and oxygen atoms in total. The van der Waals surface area contributed by atoms with Crippen molar-refractivity contribution >= 4 is 23.1 Å². The van der Waals surface area contributed by atoms with Gasteiger partial charge >= 0.3 is 23.1 Å². The molecule has 0 unspecified atom stereocenters. The third-order valence-corrected chi connectivity index (χ3v) is 0.102. The van der Waals surface area contributed by atoms with E-state index in [1.165, 1.54) is 0 Å². The first kappa shape index (κ1) is 16.0. The molecule has 0 bridgehead atoms. The Balaban J connectivity index is -0.0000000450. The topological polar surface area (TPSA) is 26.0 Å². The van der Waals surface area contributed by atoms with Crippen molar-refractivity contribution in [3.63, 3.8) is 0 Å². The van der Waals surface area contributed by atoms with Crippen molar-refractivity contribution in [3.8, 4) is 5.92 Å². The molecule has 2 N–H and O–H groups in total. The predicted octanol–water partition coefficient (Wildman–Crippen LogP) is -3.84. The third kappa shape index (κ3) is 23.6. The van der Waals surface area contributed by atoms with Crippen molar-refractivity contribution in [3.05, 3.63) is 6.42 Å². The van der Waals surface area contributed by atoms with Crippen LogP contribution in [-0.2, 0) is 0 Å². The molecule has 0 rings (SSSR count). The van der Waals surface area contributed by atoms with Crippen LogP contribution < -0.4 is 18.1 Å². The molecule has 0 aromatic carbocycles. The van der Waals surface area contributed by atoms with Crippen molar-refractivity contribution in [1.82, 2.24) is 0 Å². The quantitative estimate of drug-likeness (QED) is 0.195. The first-order chi connectivity index (χ1) is 1.91. The van der Waals surface area contributed by atoms with E-state index < -0.39 is 0 Å². The summed E-state index contributed by atoms with van der Waals surface area (Å²) in [6.45, 7) is 0.236. The van der Waals surface area contributed by atoms with Crippen LogP contribution in [0.2, 0.25) is 0 Å². The molecule has 0 saturated heterocycles. The Kier molecular flexibility index (Phi) is 46.9. The molecule has 0 heterocycles. The molecule has 0 aromatic rings. The fourth-order valence-electron chi connectivity index (χ4n) is 0. The second-order valence-electron chi connectivity index (χ2n) is 0.381. The van der Waals surface area contributed by atoms with E-state index in [2.05, 4.69) is 0 Å². The Morgan fingerprint density at radius 2 is 1.83 bits per heavy atom. The van der Waals surface area contributed by atoms with Gasteiger partial charge in [0.25, 0.3) is 0 Å².